The van der Waals surface area contributed by atoms with Crippen molar-refractivity contribution in [3.8, 4) is 11.4 Å². The summed E-state index contributed by atoms with van der Waals surface area (Å²) in [5.41, 5.74) is 4.25. The van der Waals surface area contributed by atoms with Crippen molar-refractivity contribution in [1.82, 2.24) is 24.7 Å². The number of methoxy groups -OCH3 is 1. The van der Waals surface area contributed by atoms with Gasteiger partial charge in [0.1, 0.15) is 11.4 Å². The van der Waals surface area contributed by atoms with Crippen molar-refractivity contribution in [3.63, 3.8) is 0 Å². The Kier molecular flexibility index (Phi) is 7.04. The number of thiocarbonyl (C=S) groups is 1. The van der Waals surface area contributed by atoms with Gasteiger partial charge in [-0.2, -0.15) is 0 Å². The number of aromatic nitrogens is 2. The summed E-state index contributed by atoms with van der Waals surface area (Å²) in [4.78, 5) is 20.5. The van der Waals surface area contributed by atoms with Gasteiger partial charge in [-0.25, -0.2) is 0 Å². The summed E-state index contributed by atoms with van der Waals surface area (Å²) < 4.78 is 7.16. The van der Waals surface area contributed by atoms with Crippen LogP contribution in [0.3, 0.4) is 0 Å². The van der Waals surface area contributed by atoms with Gasteiger partial charge < -0.3 is 24.4 Å². The molecule has 0 unspecified atom stereocenters. The van der Waals surface area contributed by atoms with E-state index in [1.165, 1.54) is 13.2 Å². The molecule has 9 nitrogen and oxygen atoms in total. The van der Waals surface area contributed by atoms with Gasteiger partial charge in [0.15, 0.2) is 5.11 Å². The molecule has 1 fully saturated rings. The van der Waals surface area contributed by atoms with E-state index >= 15 is 0 Å². The SMILES string of the molecule is COc1ccc(-n2c(C)cc([C@H]3[C@@H](c4ccccn4)NC(=S)N3CCN(C)C)c2C)c([N+](=O)[O-])c1. The lowest BCUT2D eigenvalue weighted by atomic mass is 9.96. The average Bonchev–Trinajstić information content (AvgIpc) is 3.32. The smallest absolute Gasteiger partial charge is 0.296 e. The molecule has 1 N–H and O–H groups in total. The third-order valence-electron chi connectivity index (χ3n) is 6.39. The Labute approximate surface area is 210 Å². The summed E-state index contributed by atoms with van der Waals surface area (Å²) in [6.45, 7) is 5.53. The van der Waals surface area contributed by atoms with Crippen LogP contribution < -0.4 is 10.1 Å². The van der Waals surface area contributed by atoms with Crippen molar-refractivity contribution in [1.29, 1.82) is 0 Å². The number of pyridine rings is 1. The predicted octanol–water partition coefficient (Wildman–Crippen LogP) is 3.94. The molecule has 0 saturated carbocycles. The normalized spacial score (nSPS) is 17.7. The van der Waals surface area contributed by atoms with Crippen LogP contribution in [-0.4, -0.2) is 63.7 Å². The molecule has 35 heavy (non-hydrogen) atoms. The fourth-order valence-electron chi connectivity index (χ4n) is 4.72. The van der Waals surface area contributed by atoms with Gasteiger partial charge in [-0.1, -0.05) is 6.07 Å². The maximum absolute atomic E-state index is 11.9. The lowest BCUT2D eigenvalue weighted by Gasteiger charge is -2.29. The number of benzene rings is 1. The number of nitrogens with zero attached hydrogens (tertiary/aromatic N) is 5. The molecule has 3 aromatic rings. The zero-order valence-electron chi connectivity index (χ0n) is 20.6. The standard InChI is InChI=1S/C25H30N6O3S/c1-16-14-19(17(2)30(16)21-10-9-18(34-5)15-22(21)31(32)33)24-23(20-8-6-7-11-26-20)27-25(35)29(24)13-12-28(3)4/h6-11,14-15,23-24H,12-13H2,1-5H3,(H,27,35)/t23-,24+/m1/s1. The van der Waals surface area contributed by atoms with Crippen molar-refractivity contribution in [2.75, 3.05) is 34.3 Å². The quantitative estimate of drug-likeness (QED) is 0.286. The van der Waals surface area contributed by atoms with Crippen molar-refractivity contribution < 1.29 is 9.66 Å². The highest BCUT2D eigenvalue weighted by molar-refractivity contribution is 7.80. The summed E-state index contributed by atoms with van der Waals surface area (Å²) in [7, 11) is 5.57. The fourth-order valence-corrected chi connectivity index (χ4v) is 5.05. The van der Waals surface area contributed by atoms with E-state index in [0.29, 0.717) is 16.5 Å². The highest BCUT2D eigenvalue weighted by Crippen LogP contribution is 2.42. The van der Waals surface area contributed by atoms with E-state index in [4.69, 9.17) is 17.0 Å². The van der Waals surface area contributed by atoms with Gasteiger partial charge in [0, 0.05) is 30.7 Å². The van der Waals surface area contributed by atoms with E-state index < -0.39 is 0 Å². The van der Waals surface area contributed by atoms with Crippen LogP contribution in [0.5, 0.6) is 5.75 Å². The molecule has 184 valence electrons. The minimum Gasteiger partial charge on any atom is -0.496 e. The second-order valence-electron chi connectivity index (χ2n) is 8.90. The summed E-state index contributed by atoms with van der Waals surface area (Å²) >= 11 is 5.76. The first-order valence-corrected chi connectivity index (χ1v) is 11.8. The molecule has 1 aliphatic rings. The minimum absolute atomic E-state index is 0.0106. The van der Waals surface area contributed by atoms with Crippen LogP contribution in [0.4, 0.5) is 5.69 Å². The Morgan fingerprint density at radius 2 is 2.00 bits per heavy atom. The number of nitro groups is 1. The molecular formula is C25H30N6O3S. The number of hydrogen-bond donors (Lipinski definition) is 1. The largest absolute Gasteiger partial charge is 0.496 e. The lowest BCUT2D eigenvalue weighted by Crippen LogP contribution is -2.35. The molecule has 2 atom stereocenters. The summed E-state index contributed by atoms with van der Waals surface area (Å²) in [5.74, 6) is 0.443. The molecule has 0 aliphatic carbocycles. The molecule has 0 amide bonds. The molecule has 2 aromatic heterocycles. The first kappa shape index (κ1) is 24.6. The van der Waals surface area contributed by atoms with Gasteiger partial charge >= 0.3 is 0 Å². The summed E-state index contributed by atoms with van der Waals surface area (Å²) in [6, 6.07) is 12.6. The number of hydrogen-bond acceptors (Lipinski definition) is 6. The van der Waals surface area contributed by atoms with Crippen LogP contribution in [0, 0.1) is 24.0 Å². The summed E-state index contributed by atoms with van der Waals surface area (Å²) in [5, 5.41) is 16.1. The minimum atomic E-state index is -0.372. The molecular weight excluding hydrogens is 464 g/mol. The van der Waals surface area contributed by atoms with Crippen LogP contribution in [0.2, 0.25) is 0 Å². The molecule has 0 radical (unpaired) electrons. The van der Waals surface area contributed by atoms with Crippen LogP contribution in [0.1, 0.15) is 34.7 Å². The molecule has 10 heteroatoms. The van der Waals surface area contributed by atoms with E-state index in [1.807, 2.05) is 50.7 Å². The highest BCUT2D eigenvalue weighted by Gasteiger charge is 2.41. The van der Waals surface area contributed by atoms with Crippen LogP contribution in [0.15, 0.2) is 48.7 Å². The van der Waals surface area contributed by atoms with E-state index in [1.54, 1.807) is 18.3 Å². The van der Waals surface area contributed by atoms with Crippen molar-refractivity contribution in [2.45, 2.75) is 25.9 Å². The second-order valence-corrected chi connectivity index (χ2v) is 9.28. The second kappa shape index (κ2) is 10.0. The number of nitrogens with one attached hydrogen (secondary N) is 1. The molecule has 3 heterocycles. The molecule has 1 aromatic carbocycles. The third-order valence-corrected chi connectivity index (χ3v) is 6.75. The van der Waals surface area contributed by atoms with Crippen LogP contribution in [-0.2, 0) is 0 Å². The maximum Gasteiger partial charge on any atom is 0.296 e. The number of aryl methyl sites for hydroxylation is 1. The molecule has 0 spiro atoms. The van der Waals surface area contributed by atoms with E-state index in [0.717, 1.165) is 35.7 Å². The number of rotatable bonds is 8. The third kappa shape index (κ3) is 4.71. The van der Waals surface area contributed by atoms with Gasteiger partial charge in [-0.05, 0) is 76.1 Å². The van der Waals surface area contributed by atoms with Crippen molar-refractivity contribution in [2.24, 2.45) is 0 Å². The highest BCUT2D eigenvalue weighted by atomic mass is 32.1. The summed E-state index contributed by atoms with van der Waals surface area (Å²) in [6.07, 6.45) is 1.78. The topological polar surface area (TPSA) is 88.7 Å². The first-order chi connectivity index (χ1) is 16.7. The van der Waals surface area contributed by atoms with E-state index in [9.17, 15) is 10.1 Å². The van der Waals surface area contributed by atoms with E-state index in [2.05, 4.69) is 26.2 Å². The fraction of sp³-hybridized carbons (Fsp3) is 0.360. The van der Waals surface area contributed by atoms with Crippen LogP contribution in [0.25, 0.3) is 5.69 Å². The van der Waals surface area contributed by atoms with Crippen LogP contribution >= 0.6 is 12.2 Å². The molecule has 1 aliphatic heterocycles. The van der Waals surface area contributed by atoms with Gasteiger partial charge in [0.05, 0.1) is 35.9 Å². The first-order valence-electron chi connectivity index (χ1n) is 11.4. The van der Waals surface area contributed by atoms with Gasteiger partial charge in [-0.15, -0.1) is 0 Å². The van der Waals surface area contributed by atoms with Crippen molar-refractivity contribution in [3.05, 3.63) is 81.4 Å². The maximum atomic E-state index is 11.9. The van der Waals surface area contributed by atoms with E-state index in [-0.39, 0.29) is 22.7 Å². The Hall–Kier alpha value is -3.50. The zero-order chi connectivity index (χ0) is 25.3. The molecule has 0 bridgehead atoms. The monoisotopic (exact) mass is 494 g/mol. The van der Waals surface area contributed by atoms with Gasteiger partial charge in [0.2, 0.25) is 0 Å². The number of ether oxygens (including phenoxy) is 1. The van der Waals surface area contributed by atoms with Gasteiger partial charge in [0.25, 0.3) is 5.69 Å². The molecule has 1 saturated heterocycles. The lowest BCUT2D eigenvalue weighted by molar-refractivity contribution is -0.384. The number of nitro benzene ring substituents is 1. The van der Waals surface area contributed by atoms with Crippen molar-refractivity contribution >= 4 is 23.0 Å². The average molecular weight is 495 g/mol. The Morgan fingerprint density at radius 1 is 1.23 bits per heavy atom. The number of likely N-dealkylation sites (N-methyl/N-ethyl adjacent to an activating group) is 1. The predicted molar refractivity (Wildman–Crippen MR) is 139 cm³/mol. The Balaban J connectivity index is 1.85. The molecule has 4 rings (SSSR count). The Bertz CT molecular complexity index is 1240. The van der Waals surface area contributed by atoms with Gasteiger partial charge in [-0.3, -0.25) is 15.1 Å². The zero-order valence-corrected chi connectivity index (χ0v) is 21.4. The Morgan fingerprint density at radius 3 is 2.63 bits per heavy atom.